The number of hydrogen-bond donors (Lipinski definition) is 1. The Kier molecular flexibility index (Phi) is 3.11. The first-order chi connectivity index (χ1) is 7.35. The highest BCUT2D eigenvalue weighted by Gasteiger charge is 2.16. The molecule has 0 bridgehead atoms. The third kappa shape index (κ3) is 2.07. The molecule has 3 heteroatoms. The summed E-state index contributed by atoms with van der Waals surface area (Å²) in [6, 6.07) is 6.02. The largest absolute Gasteiger partial charge is 0.454 e. The lowest BCUT2D eigenvalue weighted by Gasteiger charge is -2.14. The van der Waals surface area contributed by atoms with E-state index in [1.165, 1.54) is 5.56 Å². The van der Waals surface area contributed by atoms with E-state index in [0.29, 0.717) is 12.7 Å². The Morgan fingerprint density at radius 2 is 2.13 bits per heavy atom. The lowest BCUT2D eigenvalue weighted by atomic mass is 9.93. The summed E-state index contributed by atoms with van der Waals surface area (Å²) in [6.45, 7) is 2.67. The lowest BCUT2D eigenvalue weighted by Crippen LogP contribution is -2.00. The molecule has 82 valence electrons. The van der Waals surface area contributed by atoms with Gasteiger partial charge < -0.3 is 14.6 Å². The van der Waals surface area contributed by atoms with Crippen molar-refractivity contribution < 1.29 is 14.6 Å². The summed E-state index contributed by atoms with van der Waals surface area (Å²) in [7, 11) is 0. The SMILES string of the molecule is CCC(CCO)c1ccc2c(c1)OCO2. The molecule has 0 radical (unpaired) electrons. The number of fused-ring (bicyclic) bond motifs is 1. The van der Waals surface area contributed by atoms with Crippen LogP contribution in [0.1, 0.15) is 31.2 Å². The molecule has 0 aliphatic carbocycles. The van der Waals surface area contributed by atoms with Crippen molar-refractivity contribution >= 4 is 0 Å². The van der Waals surface area contributed by atoms with Crippen LogP contribution in [0, 0.1) is 0 Å². The van der Waals surface area contributed by atoms with Crippen molar-refractivity contribution in [2.24, 2.45) is 0 Å². The van der Waals surface area contributed by atoms with Gasteiger partial charge in [0.15, 0.2) is 11.5 Å². The van der Waals surface area contributed by atoms with Gasteiger partial charge in [0, 0.05) is 6.61 Å². The molecule has 1 heterocycles. The minimum Gasteiger partial charge on any atom is -0.454 e. The molecule has 0 saturated heterocycles. The Morgan fingerprint density at radius 1 is 1.33 bits per heavy atom. The Labute approximate surface area is 89.6 Å². The van der Waals surface area contributed by atoms with Crippen LogP contribution in [0.2, 0.25) is 0 Å². The van der Waals surface area contributed by atoms with Gasteiger partial charge in [-0.2, -0.15) is 0 Å². The van der Waals surface area contributed by atoms with Gasteiger partial charge in [0.25, 0.3) is 0 Å². The number of rotatable bonds is 4. The summed E-state index contributed by atoms with van der Waals surface area (Å²) in [6.07, 6.45) is 1.83. The van der Waals surface area contributed by atoms with Gasteiger partial charge in [0.05, 0.1) is 0 Å². The van der Waals surface area contributed by atoms with Crippen molar-refractivity contribution in [2.75, 3.05) is 13.4 Å². The molecular formula is C12H16O3. The molecule has 1 aromatic carbocycles. The molecular weight excluding hydrogens is 192 g/mol. The zero-order chi connectivity index (χ0) is 10.7. The highest BCUT2D eigenvalue weighted by atomic mass is 16.7. The van der Waals surface area contributed by atoms with Crippen LogP contribution in [0.15, 0.2) is 18.2 Å². The lowest BCUT2D eigenvalue weighted by molar-refractivity contribution is 0.174. The first-order valence-electron chi connectivity index (χ1n) is 5.35. The first-order valence-corrected chi connectivity index (χ1v) is 5.35. The molecule has 1 unspecified atom stereocenters. The van der Waals surface area contributed by atoms with E-state index in [1.807, 2.05) is 12.1 Å². The summed E-state index contributed by atoms with van der Waals surface area (Å²) < 4.78 is 10.6. The molecule has 1 aromatic rings. The molecule has 3 nitrogen and oxygen atoms in total. The predicted octanol–water partition coefficient (Wildman–Crippen LogP) is 2.29. The van der Waals surface area contributed by atoms with Crippen LogP contribution in [0.4, 0.5) is 0 Å². The van der Waals surface area contributed by atoms with Crippen LogP contribution in [0.5, 0.6) is 11.5 Å². The fourth-order valence-corrected chi connectivity index (χ4v) is 1.93. The zero-order valence-corrected chi connectivity index (χ0v) is 8.90. The summed E-state index contributed by atoms with van der Waals surface area (Å²) in [5.41, 5.74) is 1.22. The van der Waals surface area contributed by atoms with Gasteiger partial charge in [-0.05, 0) is 36.5 Å². The average molecular weight is 208 g/mol. The predicted molar refractivity (Wildman–Crippen MR) is 57.3 cm³/mol. The van der Waals surface area contributed by atoms with E-state index in [0.717, 1.165) is 24.3 Å². The Hall–Kier alpha value is -1.22. The summed E-state index contributed by atoms with van der Waals surface area (Å²) in [5, 5.41) is 8.97. The molecule has 1 aliphatic rings. The molecule has 0 amide bonds. The van der Waals surface area contributed by atoms with Gasteiger partial charge in [0.2, 0.25) is 6.79 Å². The molecule has 0 spiro atoms. The number of benzene rings is 1. The van der Waals surface area contributed by atoms with E-state index < -0.39 is 0 Å². The van der Waals surface area contributed by atoms with Crippen LogP contribution >= 0.6 is 0 Å². The van der Waals surface area contributed by atoms with Gasteiger partial charge in [-0.3, -0.25) is 0 Å². The Bertz CT molecular complexity index is 336. The molecule has 1 atom stereocenters. The van der Waals surface area contributed by atoms with E-state index in [9.17, 15) is 0 Å². The first kappa shape index (κ1) is 10.3. The van der Waals surface area contributed by atoms with Crippen molar-refractivity contribution in [2.45, 2.75) is 25.7 Å². The van der Waals surface area contributed by atoms with Crippen LogP contribution in [-0.2, 0) is 0 Å². The van der Waals surface area contributed by atoms with E-state index in [2.05, 4.69) is 13.0 Å². The third-order valence-electron chi connectivity index (χ3n) is 2.84. The Balaban J connectivity index is 2.20. The van der Waals surface area contributed by atoms with Crippen LogP contribution < -0.4 is 9.47 Å². The molecule has 2 rings (SSSR count). The molecule has 0 aromatic heterocycles. The van der Waals surface area contributed by atoms with E-state index in [4.69, 9.17) is 14.6 Å². The number of aliphatic hydroxyl groups excluding tert-OH is 1. The van der Waals surface area contributed by atoms with E-state index in [1.54, 1.807) is 0 Å². The fourth-order valence-electron chi connectivity index (χ4n) is 1.93. The summed E-state index contributed by atoms with van der Waals surface area (Å²) in [4.78, 5) is 0. The number of hydrogen-bond acceptors (Lipinski definition) is 3. The van der Waals surface area contributed by atoms with Crippen molar-refractivity contribution in [3.05, 3.63) is 23.8 Å². The van der Waals surface area contributed by atoms with E-state index >= 15 is 0 Å². The molecule has 0 saturated carbocycles. The summed E-state index contributed by atoms with van der Waals surface area (Å²) >= 11 is 0. The van der Waals surface area contributed by atoms with Crippen molar-refractivity contribution in [1.29, 1.82) is 0 Å². The molecule has 15 heavy (non-hydrogen) atoms. The summed E-state index contributed by atoms with van der Waals surface area (Å²) in [5.74, 6) is 2.05. The van der Waals surface area contributed by atoms with Gasteiger partial charge >= 0.3 is 0 Å². The smallest absolute Gasteiger partial charge is 0.231 e. The topological polar surface area (TPSA) is 38.7 Å². The number of aliphatic hydroxyl groups is 1. The average Bonchev–Trinajstić information content (AvgIpc) is 2.72. The maximum Gasteiger partial charge on any atom is 0.231 e. The maximum atomic E-state index is 8.97. The highest BCUT2D eigenvalue weighted by molar-refractivity contribution is 5.45. The van der Waals surface area contributed by atoms with Crippen LogP contribution in [-0.4, -0.2) is 18.5 Å². The van der Waals surface area contributed by atoms with Gasteiger partial charge in [-0.15, -0.1) is 0 Å². The maximum absolute atomic E-state index is 8.97. The van der Waals surface area contributed by atoms with E-state index in [-0.39, 0.29) is 6.61 Å². The van der Waals surface area contributed by atoms with Gasteiger partial charge in [-0.1, -0.05) is 13.0 Å². The minimum absolute atomic E-state index is 0.229. The standard InChI is InChI=1S/C12H16O3/c1-2-9(5-6-13)10-3-4-11-12(7-10)15-8-14-11/h3-4,7,9,13H,2,5-6,8H2,1H3. The highest BCUT2D eigenvalue weighted by Crippen LogP contribution is 2.36. The Morgan fingerprint density at radius 3 is 2.87 bits per heavy atom. The van der Waals surface area contributed by atoms with Crippen molar-refractivity contribution in [3.63, 3.8) is 0 Å². The van der Waals surface area contributed by atoms with Gasteiger partial charge in [-0.25, -0.2) is 0 Å². The second-order valence-corrected chi connectivity index (χ2v) is 3.73. The second-order valence-electron chi connectivity index (χ2n) is 3.73. The monoisotopic (exact) mass is 208 g/mol. The van der Waals surface area contributed by atoms with Crippen LogP contribution in [0.25, 0.3) is 0 Å². The van der Waals surface area contributed by atoms with Crippen molar-refractivity contribution in [1.82, 2.24) is 0 Å². The quantitative estimate of drug-likeness (QED) is 0.825. The normalized spacial score (nSPS) is 15.3. The zero-order valence-electron chi connectivity index (χ0n) is 8.90. The van der Waals surface area contributed by atoms with Crippen LogP contribution in [0.3, 0.4) is 0 Å². The molecule has 1 N–H and O–H groups in total. The van der Waals surface area contributed by atoms with Gasteiger partial charge in [0.1, 0.15) is 0 Å². The molecule has 1 aliphatic heterocycles. The fraction of sp³-hybridized carbons (Fsp3) is 0.500. The van der Waals surface area contributed by atoms with Crippen molar-refractivity contribution in [3.8, 4) is 11.5 Å². The number of ether oxygens (including phenoxy) is 2. The third-order valence-corrected chi connectivity index (χ3v) is 2.84. The second kappa shape index (κ2) is 4.53. The minimum atomic E-state index is 0.229. The molecule has 0 fully saturated rings.